The fraction of sp³-hybridized carbons (Fsp3) is 0.667. The van der Waals surface area contributed by atoms with Crippen LogP contribution in [0.2, 0.25) is 0 Å². The molecule has 0 saturated carbocycles. The normalized spacial score (nSPS) is 19.6. The summed E-state index contributed by atoms with van der Waals surface area (Å²) in [5.41, 5.74) is 6.85. The van der Waals surface area contributed by atoms with Gasteiger partial charge in [-0.3, -0.25) is 0 Å². The first-order valence-electron chi connectivity index (χ1n) is 6.34. The number of rotatable bonds is 3. The Labute approximate surface area is 139 Å². The first kappa shape index (κ1) is 18.4. The zero-order chi connectivity index (χ0) is 14.2. The van der Waals surface area contributed by atoms with Crippen LogP contribution >= 0.6 is 39.7 Å². The second-order valence-corrected chi connectivity index (χ2v) is 9.66. The molecule has 0 spiro atoms. The Balaban J connectivity index is 0.00000200. The fourth-order valence-electron chi connectivity index (χ4n) is 2.33. The number of hydrogen-bond acceptors (Lipinski definition) is 4. The predicted octanol–water partition coefficient (Wildman–Crippen LogP) is 2.99. The van der Waals surface area contributed by atoms with Crippen molar-refractivity contribution < 1.29 is 8.42 Å². The number of hydrogen-bond donors (Lipinski definition) is 1. The summed E-state index contributed by atoms with van der Waals surface area (Å²) >= 11 is 4.66. The minimum Gasteiger partial charge on any atom is -0.328 e. The maximum Gasteiger partial charge on any atom is 0.252 e. The Morgan fingerprint density at radius 2 is 2.00 bits per heavy atom. The van der Waals surface area contributed by atoms with Gasteiger partial charge in [0.2, 0.25) is 0 Å². The zero-order valence-corrected chi connectivity index (χ0v) is 15.5. The number of halogens is 2. The molecule has 0 aromatic carbocycles. The number of thiophene rings is 1. The van der Waals surface area contributed by atoms with Gasteiger partial charge in [-0.1, -0.05) is 0 Å². The van der Waals surface area contributed by atoms with Gasteiger partial charge in [0.25, 0.3) is 10.0 Å². The van der Waals surface area contributed by atoms with Crippen LogP contribution in [0.3, 0.4) is 0 Å². The molecular weight excluding hydrogens is 384 g/mol. The quantitative estimate of drug-likeness (QED) is 0.844. The van der Waals surface area contributed by atoms with Gasteiger partial charge in [0.1, 0.15) is 4.21 Å². The second-order valence-electron chi connectivity index (χ2n) is 5.12. The Hall–Kier alpha value is 0.340. The molecule has 2 heterocycles. The van der Waals surface area contributed by atoms with Crippen molar-refractivity contribution in [3.63, 3.8) is 0 Å². The topological polar surface area (TPSA) is 63.4 Å². The highest BCUT2D eigenvalue weighted by molar-refractivity contribution is 9.11. The third-order valence-electron chi connectivity index (χ3n) is 3.67. The molecule has 4 nitrogen and oxygen atoms in total. The third kappa shape index (κ3) is 3.75. The molecule has 20 heavy (non-hydrogen) atoms. The number of sulfonamides is 1. The summed E-state index contributed by atoms with van der Waals surface area (Å²) in [5.74, 6) is 0.434. The monoisotopic (exact) mass is 402 g/mol. The molecule has 8 heteroatoms. The highest BCUT2D eigenvalue weighted by Crippen LogP contribution is 2.33. The molecule has 1 saturated heterocycles. The molecule has 2 rings (SSSR count). The molecule has 116 valence electrons. The molecular formula is C12H20BrClN2O2S2. The van der Waals surface area contributed by atoms with Gasteiger partial charge in [-0.05, 0) is 60.2 Å². The molecule has 1 aliphatic rings. The highest BCUT2D eigenvalue weighted by atomic mass is 79.9. The van der Waals surface area contributed by atoms with Crippen molar-refractivity contribution in [3.8, 4) is 0 Å². The van der Waals surface area contributed by atoms with Crippen LogP contribution in [-0.2, 0) is 10.0 Å². The van der Waals surface area contributed by atoms with Crippen molar-refractivity contribution in [3.05, 3.63) is 15.4 Å². The maximum atomic E-state index is 12.5. The Morgan fingerprint density at radius 1 is 1.45 bits per heavy atom. The van der Waals surface area contributed by atoms with Gasteiger partial charge < -0.3 is 5.73 Å². The smallest absolute Gasteiger partial charge is 0.252 e. The first-order chi connectivity index (χ1) is 8.82. The molecule has 0 aliphatic carbocycles. The number of piperidine rings is 1. The summed E-state index contributed by atoms with van der Waals surface area (Å²) in [6.45, 7) is 5.04. The predicted molar refractivity (Wildman–Crippen MR) is 89.1 cm³/mol. The molecule has 0 bridgehead atoms. The lowest BCUT2D eigenvalue weighted by Crippen LogP contribution is -2.42. The fourth-order valence-corrected chi connectivity index (χ4v) is 6.18. The van der Waals surface area contributed by atoms with Crippen molar-refractivity contribution >= 4 is 49.7 Å². The maximum absolute atomic E-state index is 12.5. The standard InChI is InChI=1S/C12H19BrN2O2S2.ClH/c1-8-7-11(18-12(8)13)19(16,17)15-5-3-10(4-6-15)9(2)14;/h7,9-10H,3-6,14H2,1-2H3;1H. The molecule has 1 aliphatic heterocycles. The van der Waals surface area contributed by atoms with Crippen LogP contribution in [0.4, 0.5) is 0 Å². The van der Waals surface area contributed by atoms with Crippen LogP contribution in [0.15, 0.2) is 14.1 Å². The lowest BCUT2D eigenvalue weighted by atomic mass is 9.92. The molecule has 1 aromatic heterocycles. The van der Waals surface area contributed by atoms with Gasteiger partial charge in [0.05, 0.1) is 3.79 Å². The number of aryl methyl sites for hydroxylation is 1. The van der Waals surface area contributed by atoms with Crippen LogP contribution in [0.1, 0.15) is 25.3 Å². The Bertz CT molecular complexity index is 532. The van der Waals surface area contributed by atoms with Crippen LogP contribution in [0.5, 0.6) is 0 Å². The molecule has 2 N–H and O–H groups in total. The SMILES string of the molecule is Cc1cc(S(=O)(=O)N2CCC(C(C)N)CC2)sc1Br.Cl. The summed E-state index contributed by atoms with van der Waals surface area (Å²) < 4.78 is 27.9. The summed E-state index contributed by atoms with van der Waals surface area (Å²) in [4.78, 5) is 0. The Kier molecular flexibility index (Phi) is 6.50. The number of nitrogens with two attached hydrogens (primary N) is 1. The molecule has 1 unspecified atom stereocenters. The second kappa shape index (κ2) is 7.07. The first-order valence-corrected chi connectivity index (χ1v) is 9.39. The van der Waals surface area contributed by atoms with E-state index in [1.54, 1.807) is 10.4 Å². The van der Waals surface area contributed by atoms with E-state index >= 15 is 0 Å². The molecule has 1 fully saturated rings. The van der Waals surface area contributed by atoms with E-state index in [0.717, 1.165) is 22.2 Å². The molecule has 0 radical (unpaired) electrons. The van der Waals surface area contributed by atoms with Crippen molar-refractivity contribution in [1.29, 1.82) is 0 Å². The van der Waals surface area contributed by atoms with Crippen LogP contribution in [0.25, 0.3) is 0 Å². The van der Waals surface area contributed by atoms with Crippen LogP contribution in [0, 0.1) is 12.8 Å². The van der Waals surface area contributed by atoms with E-state index in [9.17, 15) is 8.42 Å². The van der Waals surface area contributed by atoms with Gasteiger partial charge in [-0.2, -0.15) is 4.31 Å². The van der Waals surface area contributed by atoms with Crippen molar-refractivity contribution in [2.75, 3.05) is 13.1 Å². The lowest BCUT2D eigenvalue weighted by molar-refractivity contribution is 0.251. The Morgan fingerprint density at radius 3 is 2.40 bits per heavy atom. The van der Waals surface area contributed by atoms with E-state index < -0.39 is 10.0 Å². The van der Waals surface area contributed by atoms with Gasteiger partial charge in [0.15, 0.2) is 0 Å². The minimum absolute atomic E-state index is 0. The largest absolute Gasteiger partial charge is 0.328 e. The average Bonchev–Trinajstić information content (AvgIpc) is 2.70. The van der Waals surface area contributed by atoms with Crippen molar-refractivity contribution in [2.45, 2.75) is 36.9 Å². The van der Waals surface area contributed by atoms with Gasteiger partial charge in [-0.15, -0.1) is 23.7 Å². The summed E-state index contributed by atoms with van der Waals surface area (Å²) in [6.07, 6.45) is 1.70. The van der Waals surface area contributed by atoms with E-state index in [0.29, 0.717) is 23.2 Å². The molecule has 1 atom stereocenters. The van der Waals surface area contributed by atoms with Gasteiger partial charge >= 0.3 is 0 Å². The van der Waals surface area contributed by atoms with Crippen molar-refractivity contribution in [1.82, 2.24) is 4.31 Å². The van der Waals surface area contributed by atoms with E-state index in [1.807, 2.05) is 13.8 Å². The summed E-state index contributed by atoms with van der Waals surface area (Å²) in [7, 11) is -3.33. The lowest BCUT2D eigenvalue weighted by Gasteiger charge is -2.32. The average molecular weight is 404 g/mol. The van der Waals surface area contributed by atoms with Crippen LogP contribution in [-0.4, -0.2) is 31.9 Å². The molecule has 1 aromatic rings. The number of nitrogens with zero attached hydrogens (tertiary/aromatic N) is 1. The minimum atomic E-state index is -3.33. The van der Waals surface area contributed by atoms with E-state index in [4.69, 9.17) is 5.73 Å². The van der Waals surface area contributed by atoms with E-state index in [1.165, 1.54) is 11.3 Å². The third-order valence-corrected chi connectivity index (χ3v) is 8.16. The summed E-state index contributed by atoms with van der Waals surface area (Å²) in [5, 5.41) is 0. The van der Waals surface area contributed by atoms with Crippen molar-refractivity contribution in [2.24, 2.45) is 11.7 Å². The van der Waals surface area contributed by atoms with E-state index in [2.05, 4.69) is 15.9 Å². The van der Waals surface area contributed by atoms with Crippen LogP contribution < -0.4 is 5.73 Å². The van der Waals surface area contributed by atoms with Gasteiger partial charge in [0, 0.05) is 19.1 Å². The summed E-state index contributed by atoms with van der Waals surface area (Å²) in [6, 6.07) is 1.88. The van der Waals surface area contributed by atoms with Gasteiger partial charge in [-0.25, -0.2) is 8.42 Å². The van der Waals surface area contributed by atoms with E-state index in [-0.39, 0.29) is 18.4 Å². The molecule has 0 amide bonds. The zero-order valence-electron chi connectivity index (χ0n) is 11.5. The highest BCUT2D eigenvalue weighted by Gasteiger charge is 2.31.